The second-order valence-corrected chi connectivity index (χ2v) is 8.88. The van der Waals surface area contributed by atoms with E-state index >= 15 is 0 Å². The summed E-state index contributed by atoms with van der Waals surface area (Å²) in [6.45, 7) is 5.56. The minimum atomic E-state index is 0.0876. The van der Waals surface area contributed by atoms with E-state index in [1.807, 2.05) is 17.2 Å². The highest BCUT2D eigenvalue weighted by molar-refractivity contribution is 7.09. The highest BCUT2D eigenvalue weighted by Crippen LogP contribution is 2.38. The monoisotopic (exact) mass is 369 g/mol. The quantitative estimate of drug-likeness (QED) is 0.832. The van der Waals surface area contributed by atoms with Gasteiger partial charge < -0.3 is 9.80 Å². The maximum absolute atomic E-state index is 12.6. The largest absolute Gasteiger partial charge is 0.356 e. The number of hydrogen-bond acceptors (Lipinski definition) is 6. The number of carbonyl (C=O) groups is 1. The van der Waals surface area contributed by atoms with Crippen LogP contribution in [0.15, 0.2) is 17.8 Å². The van der Waals surface area contributed by atoms with Gasteiger partial charge in [-0.2, -0.15) is 0 Å². The lowest BCUT2D eigenvalue weighted by molar-refractivity contribution is 0.0777. The summed E-state index contributed by atoms with van der Waals surface area (Å²) in [7, 11) is 0. The van der Waals surface area contributed by atoms with Crippen LogP contribution >= 0.6 is 11.3 Å². The van der Waals surface area contributed by atoms with Crippen molar-refractivity contribution in [1.29, 1.82) is 0 Å². The van der Waals surface area contributed by atoms with Crippen LogP contribution in [0, 0.1) is 18.8 Å². The minimum Gasteiger partial charge on any atom is -0.356 e. The zero-order chi connectivity index (χ0) is 17.7. The summed E-state index contributed by atoms with van der Waals surface area (Å²) in [4.78, 5) is 30.4. The molecule has 0 N–H and O–H groups in total. The number of likely N-dealkylation sites (tertiary alicyclic amines) is 1. The number of nitrogens with zero attached hydrogens (tertiary/aromatic N) is 5. The predicted octanol–water partition coefficient (Wildman–Crippen LogP) is 2.72. The van der Waals surface area contributed by atoms with Gasteiger partial charge in [-0.15, -0.1) is 11.3 Å². The van der Waals surface area contributed by atoms with Crippen LogP contribution in [0.1, 0.15) is 46.4 Å². The molecule has 6 nitrogen and oxygen atoms in total. The third-order valence-corrected chi connectivity index (χ3v) is 6.91. The van der Waals surface area contributed by atoms with Gasteiger partial charge in [-0.1, -0.05) is 6.42 Å². The van der Waals surface area contributed by atoms with Crippen molar-refractivity contribution in [2.45, 2.75) is 32.1 Å². The molecule has 1 saturated carbocycles. The van der Waals surface area contributed by atoms with Gasteiger partial charge in [0.15, 0.2) is 0 Å². The Labute approximate surface area is 157 Å². The Balaban J connectivity index is 1.25. The van der Waals surface area contributed by atoms with Crippen LogP contribution in [0.2, 0.25) is 0 Å². The molecule has 3 fully saturated rings. The molecule has 1 amide bonds. The molecular weight excluding hydrogens is 346 g/mol. The molecule has 26 heavy (non-hydrogen) atoms. The third-order valence-electron chi connectivity index (χ3n) is 6.13. The fourth-order valence-electron chi connectivity index (χ4n) is 4.43. The normalized spacial score (nSPS) is 25.4. The molecule has 136 valence electrons. The molecule has 2 saturated heterocycles. The van der Waals surface area contributed by atoms with Crippen molar-refractivity contribution in [3.05, 3.63) is 34.2 Å². The first-order chi connectivity index (χ1) is 12.7. The number of anilines is 1. The first kappa shape index (κ1) is 16.2. The lowest BCUT2D eigenvalue weighted by atomic mass is 9.83. The summed E-state index contributed by atoms with van der Waals surface area (Å²) >= 11 is 1.54. The highest BCUT2D eigenvalue weighted by atomic mass is 32.1. The molecule has 4 heterocycles. The third kappa shape index (κ3) is 2.78. The van der Waals surface area contributed by atoms with Crippen molar-refractivity contribution < 1.29 is 4.79 Å². The Morgan fingerprint density at radius 2 is 1.92 bits per heavy atom. The lowest BCUT2D eigenvalue weighted by Crippen LogP contribution is -2.33. The van der Waals surface area contributed by atoms with Crippen LogP contribution in [0.4, 0.5) is 5.82 Å². The van der Waals surface area contributed by atoms with Gasteiger partial charge in [-0.05, 0) is 19.8 Å². The second-order valence-electron chi connectivity index (χ2n) is 7.82. The van der Waals surface area contributed by atoms with Gasteiger partial charge in [0.1, 0.15) is 17.8 Å². The van der Waals surface area contributed by atoms with Gasteiger partial charge in [-0.3, -0.25) is 4.79 Å². The van der Waals surface area contributed by atoms with Crippen LogP contribution in [0.3, 0.4) is 0 Å². The van der Waals surface area contributed by atoms with E-state index in [4.69, 9.17) is 0 Å². The first-order valence-electron chi connectivity index (χ1n) is 9.45. The summed E-state index contributed by atoms with van der Waals surface area (Å²) in [5.41, 5.74) is 1.80. The van der Waals surface area contributed by atoms with Gasteiger partial charge in [0.2, 0.25) is 0 Å². The Morgan fingerprint density at radius 3 is 2.54 bits per heavy atom. The molecule has 3 aliphatic rings. The van der Waals surface area contributed by atoms with Crippen molar-refractivity contribution in [3.63, 3.8) is 0 Å². The molecule has 5 rings (SSSR count). The lowest BCUT2D eigenvalue weighted by Gasteiger charge is -2.26. The van der Waals surface area contributed by atoms with E-state index in [0.29, 0.717) is 23.4 Å². The van der Waals surface area contributed by atoms with Crippen molar-refractivity contribution in [2.75, 3.05) is 31.1 Å². The smallest absolute Gasteiger partial charge is 0.273 e. The van der Waals surface area contributed by atoms with Gasteiger partial charge in [-0.25, -0.2) is 15.0 Å². The SMILES string of the molecule is Cc1nc(C(=O)N2CC3CN(c4cc(C5CCC5)ncn4)CC3C2)cs1. The fourth-order valence-corrected chi connectivity index (χ4v) is 5.02. The first-order valence-corrected chi connectivity index (χ1v) is 10.3. The van der Waals surface area contributed by atoms with Gasteiger partial charge >= 0.3 is 0 Å². The summed E-state index contributed by atoms with van der Waals surface area (Å²) in [5.74, 6) is 2.84. The zero-order valence-electron chi connectivity index (χ0n) is 15.0. The van der Waals surface area contributed by atoms with Crippen LogP contribution in [-0.2, 0) is 0 Å². The van der Waals surface area contributed by atoms with Crippen LogP contribution in [-0.4, -0.2) is 51.9 Å². The second kappa shape index (κ2) is 6.30. The van der Waals surface area contributed by atoms with E-state index in [0.717, 1.165) is 37.0 Å². The Morgan fingerprint density at radius 1 is 1.15 bits per heavy atom. The van der Waals surface area contributed by atoms with Crippen LogP contribution < -0.4 is 4.90 Å². The van der Waals surface area contributed by atoms with E-state index in [2.05, 4.69) is 25.9 Å². The molecule has 2 aromatic heterocycles. The molecule has 2 unspecified atom stereocenters. The summed E-state index contributed by atoms with van der Waals surface area (Å²) in [6.07, 6.45) is 5.56. The molecular formula is C19H23N5OS. The van der Waals surface area contributed by atoms with E-state index in [1.165, 1.54) is 36.3 Å². The number of amides is 1. The molecule has 0 radical (unpaired) electrons. The maximum Gasteiger partial charge on any atom is 0.273 e. The van der Waals surface area contributed by atoms with Crippen LogP contribution in [0.5, 0.6) is 0 Å². The van der Waals surface area contributed by atoms with Crippen molar-refractivity contribution in [1.82, 2.24) is 19.9 Å². The average Bonchev–Trinajstić information content (AvgIpc) is 3.27. The van der Waals surface area contributed by atoms with Crippen molar-refractivity contribution >= 4 is 23.1 Å². The minimum absolute atomic E-state index is 0.0876. The highest BCUT2D eigenvalue weighted by Gasteiger charge is 2.42. The van der Waals surface area contributed by atoms with Crippen molar-refractivity contribution in [3.8, 4) is 0 Å². The Kier molecular flexibility index (Phi) is 3.92. The van der Waals surface area contributed by atoms with E-state index in [1.54, 1.807) is 6.33 Å². The molecule has 7 heteroatoms. The number of carbonyl (C=O) groups excluding carboxylic acids is 1. The fraction of sp³-hybridized carbons (Fsp3) is 0.579. The summed E-state index contributed by atoms with van der Waals surface area (Å²) in [6, 6.07) is 2.19. The van der Waals surface area contributed by atoms with Crippen molar-refractivity contribution in [2.24, 2.45) is 11.8 Å². The molecule has 0 bridgehead atoms. The number of rotatable bonds is 3. The summed E-state index contributed by atoms with van der Waals surface area (Å²) in [5, 5.41) is 2.82. The zero-order valence-corrected chi connectivity index (χ0v) is 15.8. The van der Waals surface area contributed by atoms with Crippen LogP contribution in [0.25, 0.3) is 0 Å². The Bertz CT molecular complexity index is 819. The molecule has 2 aromatic rings. The summed E-state index contributed by atoms with van der Waals surface area (Å²) < 4.78 is 0. The van der Waals surface area contributed by atoms with Gasteiger partial charge in [0.05, 0.1) is 5.01 Å². The van der Waals surface area contributed by atoms with Gasteiger partial charge in [0.25, 0.3) is 5.91 Å². The molecule has 0 spiro atoms. The molecule has 2 aliphatic heterocycles. The number of hydrogen-bond donors (Lipinski definition) is 0. The standard InChI is InChI=1S/C19H23N5OS/c1-12-22-17(10-26-12)19(25)24-8-14-6-23(7-15(14)9-24)18-5-16(20-11-21-18)13-3-2-4-13/h5,10-11,13-15H,2-4,6-9H2,1H3. The molecule has 0 aromatic carbocycles. The molecule has 1 aliphatic carbocycles. The maximum atomic E-state index is 12.6. The number of fused-ring (bicyclic) bond motifs is 1. The topological polar surface area (TPSA) is 62.2 Å². The molecule has 2 atom stereocenters. The predicted molar refractivity (Wildman–Crippen MR) is 101 cm³/mol. The van der Waals surface area contributed by atoms with E-state index in [9.17, 15) is 4.79 Å². The van der Waals surface area contributed by atoms with E-state index in [-0.39, 0.29) is 5.91 Å². The average molecular weight is 369 g/mol. The number of thiazole rings is 1. The van der Waals surface area contributed by atoms with Gasteiger partial charge in [0, 0.05) is 61.1 Å². The number of aryl methyl sites for hydroxylation is 1. The Hall–Kier alpha value is -2.02. The number of aromatic nitrogens is 3. The van der Waals surface area contributed by atoms with E-state index < -0.39 is 0 Å².